The maximum atomic E-state index is 13.7. The Labute approximate surface area is 245 Å². The number of carbonyl (C=O) groups excluding carboxylic acids is 2. The van der Waals surface area contributed by atoms with Crippen molar-refractivity contribution in [3.05, 3.63) is 75.7 Å². The van der Waals surface area contributed by atoms with Gasteiger partial charge in [0, 0.05) is 54.5 Å². The van der Waals surface area contributed by atoms with E-state index in [1.54, 1.807) is 30.3 Å². The van der Waals surface area contributed by atoms with Crippen molar-refractivity contribution >= 4 is 23.2 Å². The summed E-state index contributed by atoms with van der Waals surface area (Å²) < 4.78 is 18.2. The Morgan fingerprint density at radius 1 is 0.929 bits per heavy atom. The minimum atomic E-state index is -0.385. The molecule has 3 unspecified atom stereocenters. The van der Waals surface area contributed by atoms with Crippen molar-refractivity contribution < 1.29 is 23.8 Å². The zero-order valence-corrected chi connectivity index (χ0v) is 24.7. The predicted molar refractivity (Wildman–Crippen MR) is 161 cm³/mol. The number of pyridine rings is 1. The van der Waals surface area contributed by atoms with Gasteiger partial charge in [0.2, 0.25) is 5.75 Å². The highest BCUT2D eigenvalue weighted by Gasteiger charge is 2.35. The van der Waals surface area contributed by atoms with Crippen molar-refractivity contribution in [3.8, 4) is 17.2 Å². The van der Waals surface area contributed by atoms with Crippen molar-refractivity contribution in [2.24, 2.45) is 5.92 Å². The average Bonchev–Trinajstić information content (AvgIpc) is 3.00. The summed E-state index contributed by atoms with van der Waals surface area (Å²) in [7, 11) is 4.50. The number of hydrogen-bond acceptors (Lipinski definition) is 7. The maximum absolute atomic E-state index is 13.7. The molecule has 222 valence electrons. The summed E-state index contributed by atoms with van der Waals surface area (Å²) in [5, 5.41) is 6.06. The Kier molecular flexibility index (Phi) is 8.42. The van der Waals surface area contributed by atoms with Gasteiger partial charge in [0.25, 0.3) is 17.4 Å². The lowest BCUT2D eigenvalue weighted by Gasteiger charge is -2.44. The Bertz CT molecular complexity index is 1530. The second-order valence-corrected chi connectivity index (χ2v) is 11.0. The lowest BCUT2D eigenvalue weighted by atomic mass is 9.83. The number of ether oxygens (including phenoxy) is 3. The number of hydrogen-bond donors (Lipinski definition) is 2. The molecular formula is C32H38N4O6. The first-order valence-corrected chi connectivity index (χ1v) is 14.3. The molecule has 5 rings (SSSR count). The van der Waals surface area contributed by atoms with Crippen LogP contribution < -0.4 is 35.3 Å². The average molecular weight is 575 g/mol. The monoisotopic (exact) mass is 574 g/mol. The maximum Gasteiger partial charge on any atom is 0.255 e. The molecule has 0 spiro atoms. The third-order valence-corrected chi connectivity index (χ3v) is 8.24. The summed E-state index contributed by atoms with van der Waals surface area (Å²) in [6, 6.07) is 14.1. The summed E-state index contributed by atoms with van der Waals surface area (Å²) in [6.07, 6.45) is 1.80. The van der Waals surface area contributed by atoms with Gasteiger partial charge in [-0.05, 0) is 62.1 Å². The third kappa shape index (κ3) is 5.66. The van der Waals surface area contributed by atoms with Crippen molar-refractivity contribution in [2.45, 2.75) is 45.2 Å². The summed E-state index contributed by atoms with van der Waals surface area (Å²) >= 11 is 0. The number of amides is 2. The molecule has 10 nitrogen and oxygen atoms in total. The Morgan fingerprint density at radius 2 is 1.67 bits per heavy atom. The van der Waals surface area contributed by atoms with Crippen molar-refractivity contribution in [3.63, 3.8) is 0 Å². The molecule has 42 heavy (non-hydrogen) atoms. The number of piperidine rings is 1. The first-order chi connectivity index (χ1) is 20.3. The summed E-state index contributed by atoms with van der Waals surface area (Å²) in [4.78, 5) is 41.5. The lowest BCUT2D eigenvalue weighted by molar-refractivity contribution is 0.0938. The first-order valence-electron chi connectivity index (χ1n) is 14.3. The van der Waals surface area contributed by atoms with Crippen molar-refractivity contribution in [1.29, 1.82) is 0 Å². The number of aromatic nitrogens is 1. The van der Waals surface area contributed by atoms with Crippen LogP contribution in [0.5, 0.6) is 17.2 Å². The van der Waals surface area contributed by atoms with Crippen LogP contribution in [0.4, 0.5) is 11.4 Å². The van der Waals surface area contributed by atoms with E-state index in [9.17, 15) is 14.4 Å². The molecule has 3 heterocycles. The second kappa shape index (κ2) is 12.2. The highest BCUT2D eigenvalue weighted by Crippen LogP contribution is 2.41. The number of rotatable bonds is 9. The second-order valence-electron chi connectivity index (χ2n) is 11.0. The number of nitrogens with one attached hydrogen (secondary N) is 2. The van der Waals surface area contributed by atoms with Crippen molar-refractivity contribution in [2.75, 3.05) is 44.6 Å². The SMILES string of the molecule is CCC(C)NC(=O)c1ccc(N2CC3CC(C2)c2cccc(=O)n2C3)c(NC(=O)c2cc(OC)c(OC)c(OC)c2)c1. The van der Waals surface area contributed by atoms with Crippen molar-refractivity contribution in [1.82, 2.24) is 9.88 Å². The van der Waals surface area contributed by atoms with Gasteiger partial charge < -0.3 is 34.3 Å². The number of methoxy groups -OCH3 is 3. The van der Waals surface area contributed by atoms with Gasteiger partial charge >= 0.3 is 0 Å². The molecule has 2 N–H and O–H groups in total. The number of nitrogens with zero attached hydrogens (tertiary/aromatic N) is 2. The smallest absolute Gasteiger partial charge is 0.255 e. The molecule has 2 bridgehead atoms. The number of anilines is 2. The standard InChI is InChI=1S/C32H38N4O6/c1-6-19(2)33-31(38)21-10-11-26(35-16-20-12-23(18-35)25-8-7-9-29(37)36(25)17-20)24(13-21)34-32(39)22-14-27(40-3)30(42-5)28(15-22)41-4/h7-11,13-15,19-20,23H,6,12,16-18H2,1-5H3,(H,33,38)(H,34,39). The molecule has 0 saturated carbocycles. The fourth-order valence-corrected chi connectivity index (χ4v) is 5.96. The molecule has 0 radical (unpaired) electrons. The van der Waals surface area contributed by atoms with Gasteiger partial charge in [-0.1, -0.05) is 13.0 Å². The Morgan fingerprint density at radius 3 is 2.33 bits per heavy atom. The molecule has 10 heteroatoms. The fourth-order valence-electron chi connectivity index (χ4n) is 5.96. The molecule has 1 saturated heterocycles. The molecule has 1 aromatic heterocycles. The zero-order chi connectivity index (χ0) is 30.0. The van der Waals surface area contributed by atoms with Crippen LogP contribution in [0.3, 0.4) is 0 Å². The topological polar surface area (TPSA) is 111 Å². The molecule has 2 aliphatic rings. The predicted octanol–water partition coefficient (Wildman–Crippen LogP) is 4.28. The van der Waals surface area contributed by atoms with Gasteiger partial charge in [0.05, 0.1) is 32.7 Å². The van der Waals surface area contributed by atoms with E-state index < -0.39 is 0 Å². The number of fused-ring (bicyclic) bond motifs is 4. The molecule has 2 aliphatic heterocycles. The highest BCUT2D eigenvalue weighted by molar-refractivity contribution is 6.08. The minimum absolute atomic E-state index is 0.0133. The lowest BCUT2D eigenvalue weighted by Crippen LogP contribution is -2.47. The van der Waals surface area contributed by atoms with E-state index in [1.807, 2.05) is 36.6 Å². The third-order valence-electron chi connectivity index (χ3n) is 8.24. The Hall–Kier alpha value is -4.47. The molecule has 3 atom stereocenters. The van der Waals surface area contributed by atoms with Crippen LogP contribution >= 0.6 is 0 Å². The van der Waals surface area contributed by atoms with E-state index in [2.05, 4.69) is 15.5 Å². The molecule has 3 aromatic rings. The van der Waals surface area contributed by atoms with E-state index in [0.717, 1.165) is 30.8 Å². The van der Waals surface area contributed by atoms with E-state index >= 15 is 0 Å². The molecule has 0 aliphatic carbocycles. The summed E-state index contributed by atoms with van der Waals surface area (Å²) in [5.41, 5.74) is 3.18. The van der Waals surface area contributed by atoms with Gasteiger partial charge in [0.1, 0.15) is 0 Å². The normalized spacial score (nSPS) is 18.0. The summed E-state index contributed by atoms with van der Waals surface area (Å²) in [6.45, 7) is 6.03. The summed E-state index contributed by atoms with van der Waals surface area (Å²) in [5.74, 6) is 0.984. The van der Waals surface area contributed by atoms with Crippen LogP contribution in [0, 0.1) is 5.92 Å². The van der Waals surface area contributed by atoms with Crippen LogP contribution in [0.15, 0.2) is 53.3 Å². The minimum Gasteiger partial charge on any atom is -0.493 e. The zero-order valence-electron chi connectivity index (χ0n) is 24.7. The Balaban J connectivity index is 1.51. The van der Waals surface area contributed by atoms with Crippen LogP contribution in [-0.4, -0.2) is 56.8 Å². The van der Waals surface area contributed by atoms with Crippen LogP contribution in [-0.2, 0) is 6.54 Å². The number of benzene rings is 2. The quantitative estimate of drug-likeness (QED) is 0.393. The van der Waals surface area contributed by atoms with Crippen LogP contribution in [0.2, 0.25) is 0 Å². The van der Waals surface area contributed by atoms with E-state index in [4.69, 9.17) is 14.2 Å². The van der Waals surface area contributed by atoms with Crippen LogP contribution in [0.1, 0.15) is 59.0 Å². The van der Waals surface area contributed by atoms with E-state index in [0.29, 0.717) is 47.2 Å². The van der Waals surface area contributed by atoms with E-state index in [1.165, 1.54) is 21.3 Å². The number of carbonyl (C=O) groups is 2. The highest BCUT2D eigenvalue weighted by atomic mass is 16.5. The van der Waals surface area contributed by atoms with Gasteiger partial charge in [0.15, 0.2) is 11.5 Å². The molecule has 2 aromatic carbocycles. The molecule has 2 amide bonds. The van der Waals surface area contributed by atoms with Gasteiger partial charge in [-0.25, -0.2) is 0 Å². The van der Waals surface area contributed by atoms with Gasteiger partial charge in [-0.2, -0.15) is 0 Å². The fraction of sp³-hybridized carbons (Fsp3) is 0.406. The van der Waals surface area contributed by atoms with Gasteiger partial charge in [-0.15, -0.1) is 0 Å². The first kappa shape index (κ1) is 29.0. The largest absolute Gasteiger partial charge is 0.493 e. The van der Waals surface area contributed by atoms with E-state index in [-0.39, 0.29) is 35.3 Å². The molecular weight excluding hydrogens is 536 g/mol. The van der Waals surface area contributed by atoms with Crippen LogP contribution in [0.25, 0.3) is 0 Å². The molecule has 1 fully saturated rings. The van der Waals surface area contributed by atoms with Gasteiger partial charge in [-0.3, -0.25) is 14.4 Å².